The summed E-state index contributed by atoms with van der Waals surface area (Å²) in [6.07, 6.45) is 2.98. The molecule has 1 aliphatic rings. The first-order valence-corrected chi connectivity index (χ1v) is 11.6. The molecule has 0 spiro atoms. The molecule has 0 saturated carbocycles. The van der Waals surface area contributed by atoms with Gasteiger partial charge >= 0.3 is 0 Å². The van der Waals surface area contributed by atoms with Crippen LogP contribution in [0.2, 0.25) is 0 Å². The zero-order valence-corrected chi connectivity index (χ0v) is 19.8. The summed E-state index contributed by atoms with van der Waals surface area (Å²) < 4.78 is 6.64. The zero-order valence-electron chi connectivity index (χ0n) is 19.8. The standard InChI is InChI=1S/C30H29NO/c1-16(2)11-20-9-10-23-25-26-27(31-15-18(4)28(26)32-29(20)25)22-13-19-8-7-17(3)12-21(19)14-24(22)30(23,5)6/h7-10,12-16H,11H2,1-6H3. The first-order chi connectivity index (χ1) is 15.3. The Balaban J connectivity index is 1.83. The van der Waals surface area contributed by atoms with Crippen molar-refractivity contribution in [2.75, 3.05) is 0 Å². The highest BCUT2D eigenvalue weighted by Gasteiger charge is 2.35. The van der Waals surface area contributed by atoms with E-state index >= 15 is 0 Å². The molecule has 0 radical (unpaired) electrons. The number of fused-ring (bicyclic) bond motifs is 3. The SMILES string of the molecule is Cc1ccc2cc3c(cc2c1)C(C)(C)c1ccc(CC(C)C)c2oc4c(C)cnc-3c4c12. The van der Waals surface area contributed by atoms with Crippen molar-refractivity contribution in [1.29, 1.82) is 0 Å². The lowest BCUT2D eigenvalue weighted by atomic mass is 9.75. The fraction of sp³-hybridized carbons (Fsp3) is 0.300. The smallest absolute Gasteiger partial charge is 0.142 e. The van der Waals surface area contributed by atoms with Crippen LogP contribution in [0.4, 0.5) is 0 Å². The molecule has 2 heterocycles. The first kappa shape index (κ1) is 19.5. The Morgan fingerprint density at radius 1 is 0.875 bits per heavy atom. The van der Waals surface area contributed by atoms with Crippen LogP contribution in [0.25, 0.3) is 44.0 Å². The van der Waals surface area contributed by atoms with Crippen molar-refractivity contribution < 1.29 is 4.42 Å². The lowest BCUT2D eigenvalue weighted by Crippen LogP contribution is -2.20. The van der Waals surface area contributed by atoms with Gasteiger partial charge in [-0.3, -0.25) is 4.98 Å². The minimum atomic E-state index is -0.173. The fourth-order valence-corrected chi connectivity index (χ4v) is 5.65. The van der Waals surface area contributed by atoms with E-state index in [1.54, 1.807) is 0 Å². The molecule has 32 heavy (non-hydrogen) atoms. The van der Waals surface area contributed by atoms with E-state index in [9.17, 15) is 0 Å². The predicted octanol–water partition coefficient (Wildman–Crippen LogP) is 8.26. The van der Waals surface area contributed by atoms with Crippen LogP contribution in [0.1, 0.15) is 55.5 Å². The Bertz CT molecular complexity index is 1570. The van der Waals surface area contributed by atoms with Crippen molar-refractivity contribution in [2.24, 2.45) is 5.92 Å². The minimum absolute atomic E-state index is 0.173. The van der Waals surface area contributed by atoms with Crippen molar-refractivity contribution in [3.05, 3.63) is 76.5 Å². The van der Waals surface area contributed by atoms with Gasteiger partial charge in [-0.05, 0) is 65.8 Å². The van der Waals surface area contributed by atoms with Crippen LogP contribution >= 0.6 is 0 Å². The summed E-state index contributed by atoms with van der Waals surface area (Å²) in [4.78, 5) is 5.01. The monoisotopic (exact) mass is 419 g/mol. The third-order valence-corrected chi connectivity index (χ3v) is 7.26. The largest absolute Gasteiger partial charge is 0.455 e. The molecule has 0 fully saturated rings. The minimum Gasteiger partial charge on any atom is -0.455 e. The van der Waals surface area contributed by atoms with Gasteiger partial charge in [-0.15, -0.1) is 0 Å². The Morgan fingerprint density at radius 2 is 1.69 bits per heavy atom. The second-order valence-corrected chi connectivity index (χ2v) is 10.5. The molecule has 0 aliphatic heterocycles. The van der Waals surface area contributed by atoms with Gasteiger partial charge in [0.1, 0.15) is 11.2 Å². The maximum absolute atomic E-state index is 6.64. The molecule has 0 saturated heterocycles. The highest BCUT2D eigenvalue weighted by molar-refractivity contribution is 6.16. The normalized spacial score (nSPS) is 14.6. The lowest BCUT2D eigenvalue weighted by molar-refractivity contribution is 0.617. The maximum Gasteiger partial charge on any atom is 0.142 e. The van der Waals surface area contributed by atoms with Crippen molar-refractivity contribution >= 4 is 32.7 Å². The van der Waals surface area contributed by atoms with E-state index in [-0.39, 0.29) is 5.41 Å². The van der Waals surface area contributed by atoms with E-state index in [1.165, 1.54) is 49.4 Å². The Labute approximate surface area is 189 Å². The Hall–Kier alpha value is -3.13. The molecule has 0 bridgehead atoms. The summed E-state index contributed by atoms with van der Waals surface area (Å²) in [5.41, 5.74) is 10.5. The van der Waals surface area contributed by atoms with Crippen LogP contribution in [0.5, 0.6) is 0 Å². The third-order valence-electron chi connectivity index (χ3n) is 7.26. The predicted molar refractivity (Wildman–Crippen MR) is 135 cm³/mol. The summed E-state index contributed by atoms with van der Waals surface area (Å²) >= 11 is 0. The van der Waals surface area contributed by atoms with Crippen LogP contribution in [0, 0.1) is 19.8 Å². The summed E-state index contributed by atoms with van der Waals surface area (Å²) in [6, 6.07) is 16.1. The van der Waals surface area contributed by atoms with Gasteiger partial charge in [0.25, 0.3) is 0 Å². The van der Waals surface area contributed by atoms with Gasteiger partial charge < -0.3 is 4.42 Å². The average molecular weight is 420 g/mol. The number of nitrogens with zero attached hydrogens (tertiary/aromatic N) is 1. The second kappa shape index (κ2) is 6.45. The Morgan fingerprint density at radius 3 is 2.47 bits per heavy atom. The van der Waals surface area contributed by atoms with Crippen molar-refractivity contribution in [2.45, 2.75) is 53.4 Å². The van der Waals surface area contributed by atoms with Crippen LogP contribution in [-0.2, 0) is 11.8 Å². The van der Waals surface area contributed by atoms with Gasteiger partial charge in [0.2, 0.25) is 0 Å². The average Bonchev–Trinajstić information content (AvgIpc) is 3.12. The molecule has 2 nitrogen and oxygen atoms in total. The van der Waals surface area contributed by atoms with E-state index < -0.39 is 0 Å². The summed E-state index contributed by atoms with van der Waals surface area (Å²) in [6.45, 7) is 13.5. The molecule has 6 rings (SSSR count). The van der Waals surface area contributed by atoms with Gasteiger partial charge in [-0.1, -0.05) is 63.6 Å². The number of hydrogen-bond acceptors (Lipinski definition) is 2. The number of hydrogen-bond donors (Lipinski definition) is 0. The van der Waals surface area contributed by atoms with E-state index in [1.807, 2.05) is 6.20 Å². The van der Waals surface area contributed by atoms with Crippen LogP contribution < -0.4 is 0 Å². The molecule has 0 N–H and O–H groups in total. The maximum atomic E-state index is 6.64. The molecule has 1 aliphatic carbocycles. The highest BCUT2D eigenvalue weighted by Crippen LogP contribution is 2.51. The zero-order chi connectivity index (χ0) is 22.4. The van der Waals surface area contributed by atoms with Gasteiger partial charge in [-0.2, -0.15) is 0 Å². The van der Waals surface area contributed by atoms with Gasteiger partial charge in [0, 0.05) is 28.1 Å². The number of aryl methyl sites for hydroxylation is 2. The molecule has 2 aromatic heterocycles. The second-order valence-electron chi connectivity index (χ2n) is 10.5. The molecule has 3 aromatic carbocycles. The van der Waals surface area contributed by atoms with Gasteiger partial charge in [-0.25, -0.2) is 0 Å². The van der Waals surface area contributed by atoms with Crippen molar-refractivity contribution in [3.63, 3.8) is 0 Å². The third kappa shape index (κ3) is 2.56. The molecule has 5 aromatic rings. The van der Waals surface area contributed by atoms with Crippen molar-refractivity contribution in [3.8, 4) is 11.3 Å². The van der Waals surface area contributed by atoms with Gasteiger partial charge in [0.05, 0.1) is 11.1 Å². The first-order valence-electron chi connectivity index (χ1n) is 11.6. The fourth-order valence-electron chi connectivity index (χ4n) is 5.65. The number of benzene rings is 3. The molecule has 0 atom stereocenters. The van der Waals surface area contributed by atoms with Crippen molar-refractivity contribution in [1.82, 2.24) is 4.98 Å². The number of rotatable bonds is 2. The summed E-state index contributed by atoms with van der Waals surface area (Å²) in [5, 5.41) is 4.98. The topological polar surface area (TPSA) is 26.0 Å². The highest BCUT2D eigenvalue weighted by atomic mass is 16.3. The Kier molecular flexibility index (Phi) is 3.94. The molecule has 0 amide bonds. The summed E-state index contributed by atoms with van der Waals surface area (Å²) in [7, 11) is 0. The number of aromatic nitrogens is 1. The van der Waals surface area contributed by atoms with Gasteiger partial charge in [0.15, 0.2) is 0 Å². The van der Waals surface area contributed by atoms with E-state index in [4.69, 9.17) is 9.40 Å². The lowest BCUT2D eigenvalue weighted by Gasteiger charge is -2.28. The van der Waals surface area contributed by atoms with Crippen LogP contribution in [0.15, 0.2) is 53.1 Å². The molecular weight excluding hydrogens is 390 g/mol. The quantitative estimate of drug-likeness (QED) is 0.288. The van der Waals surface area contributed by atoms with Crippen LogP contribution in [0.3, 0.4) is 0 Å². The molecule has 0 unspecified atom stereocenters. The number of furan rings is 1. The molecular formula is C30H29NO. The van der Waals surface area contributed by atoms with E-state index in [0.717, 1.165) is 28.8 Å². The van der Waals surface area contributed by atoms with Crippen LogP contribution in [-0.4, -0.2) is 4.98 Å². The van der Waals surface area contributed by atoms with E-state index in [0.29, 0.717) is 5.92 Å². The number of pyridine rings is 1. The molecule has 2 heteroatoms. The molecule has 160 valence electrons. The van der Waals surface area contributed by atoms with E-state index in [2.05, 4.69) is 84.0 Å². The summed E-state index contributed by atoms with van der Waals surface area (Å²) in [5.74, 6) is 0.569.